The molecule has 2 aromatic carbocycles. The Kier molecular flexibility index (Phi) is 6.02. The van der Waals surface area contributed by atoms with Crippen LogP contribution in [0.15, 0.2) is 58.1 Å². The predicted molar refractivity (Wildman–Crippen MR) is 118 cm³/mol. The maximum Gasteiger partial charge on any atom is 0.328 e. The van der Waals surface area contributed by atoms with Crippen molar-refractivity contribution in [2.75, 3.05) is 37.6 Å². The number of anilines is 1. The lowest BCUT2D eigenvalue weighted by molar-refractivity contribution is 0.251. The molecule has 0 amide bonds. The maximum atomic E-state index is 12.2. The molecule has 4 rings (SSSR count). The largest absolute Gasteiger partial charge is 0.368 e. The molecule has 0 atom stereocenters. The highest BCUT2D eigenvalue weighted by Gasteiger charge is 2.18. The molecule has 1 aliphatic rings. The van der Waals surface area contributed by atoms with Gasteiger partial charge in [0.2, 0.25) is 0 Å². The van der Waals surface area contributed by atoms with E-state index in [-0.39, 0.29) is 11.2 Å². The van der Waals surface area contributed by atoms with Gasteiger partial charge in [0.05, 0.1) is 21.6 Å². The zero-order valence-corrected chi connectivity index (χ0v) is 17.1. The third kappa shape index (κ3) is 4.38. The number of hydrogen-bond acceptors (Lipinski definition) is 4. The summed E-state index contributed by atoms with van der Waals surface area (Å²) in [5, 5.41) is 1.36. The van der Waals surface area contributed by atoms with E-state index < -0.39 is 0 Å². The Bertz CT molecular complexity index is 1100. The summed E-state index contributed by atoms with van der Waals surface area (Å²) in [6.07, 6.45) is 1.90. The molecule has 2 heterocycles. The zero-order valence-electron chi connectivity index (χ0n) is 16.3. The fourth-order valence-corrected chi connectivity index (χ4v) is 4.25. The Balaban J connectivity index is 1.29. The predicted octanol–water partition coefficient (Wildman–Crippen LogP) is 2.95. The van der Waals surface area contributed by atoms with Gasteiger partial charge in [0.1, 0.15) is 0 Å². The van der Waals surface area contributed by atoms with Crippen molar-refractivity contribution in [1.82, 2.24) is 14.5 Å². The highest BCUT2D eigenvalue weighted by atomic mass is 35.5. The van der Waals surface area contributed by atoms with Crippen molar-refractivity contribution in [2.24, 2.45) is 0 Å². The van der Waals surface area contributed by atoms with Crippen LogP contribution in [0.4, 0.5) is 5.69 Å². The van der Waals surface area contributed by atoms with Crippen LogP contribution in [0.25, 0.3) is 10.9 Å². The molecule has 0 aliphatic carbocycles. The van der Waals surface area contributed by atoms with Gasteiger partial charge in [-0.25, -0.2) is 4.79 Å². The highest BCUT2D eigenvalue weighted by molar-refractivity contribution is 6.33. The van der Waals surface area contributed by atoms with E-state index in [4.69, 9.17) is 11.6 Å². The third-order valence-electron chi connectivity index (χ3n) is 5.58. The summed E-state index contributed by atoms with van der Waals surface area (Å²) in [6.45, 7) is 5.56. The molecule has 1 aliphatic heterocycles. The first-order chi connectivity index (χ1) is 14.1. The molecule has 7 heteroatoms. The van der Waals surface area contributed by atoms with Crippen LogP contribution < -0.4 is 16.1 Å². The summed E-state index contributed by atoms with van der Waals surface area (Å²) in [5.74, 6) is 0. The molecule has 1 N–H and O–H groups in total. The maximum absolute atomic E-state index is 12.2. The molecule has 29 heavy (non-hydrogen) atoms. The topological polar surface area (TPSA) is 61.3 Å². The van der Waals surface area contributed by atoms with Gasteiger partial charge in [0, 0.05) is 32.7 Å². The lowest BCUT2D eigenvalue weighted by Gasteiger charge is -2.36. The number of hydrogen-bond donors (Lipinski definition) is 1. The minimum absolute atomic E-state index is 0.321. The highest BCUT2D eigenvalue weighted by Crippen LogP contribution is 2.26. The lowest BCUT2D eigenvalue weighted by Crippen LogP contribution is -2.46. The molecule has 0 spiro atoms. The van der Waals surface area contributed by atoms with Gasteiger partial charge in [-0.05, 0) is 43.7 Å². The number of piperazine rings is 1. The van der Waals surface area contributed by atoms with Crippen molar-refractivity contribution < 1.29 is 0 Å². The van der Waals surface area contributed by atoms with Crippen LogP contribution in [0.3, 0.4) is 0 Å². The minimum Gasteiger partial charge on any atom is -0.368 e. The molecule has 6 nitrogen and oxygen atoms in total. The Morgan fingerprint density at radius 3 is 2.34 bits per heavy atom. The summed E-state index contributed by atoms with van der Waals surface area (Å²) < 4.78 is 1.67. The average Bonchev–Trinajstić information content (AvgIpc) is 2.74. The molecule has 152 valence electrons. The Morgan fingerprint density at radius 2 is 1.55 bits per heavy atom. The molecule has 1 fully saturated rings. The van der Waals surface area contributed by atoms with E-state index in [2.05, 4.69) is 20.9 Å². The fourth-order valence-electron chi connectivity index (χ4n) is 3.99. The SMILES string of the molecule is O=c1[nH]c(=O)n(CCCCN2CCN(c3ccccc3Cl)CC2)c2ccccc12. The van der Waals surface area contributed by atoms with E-state index in [0.29, 0.717) is 17.4 Å². The molecule has 0 unspecified atom stereocenters. The number of para-hydroxylation sites is 2. The number of nitrogens with one attached hydrogen (secondary N) is 1. The van der Waals surface area contributed by atoms with Gasteiger partial charge in [-0.15, -0.1) is 0 Å². The Labute approximate surface area is 174 Å². The van der Waals surface area contributed by atoms with Crippen molar-refractivity contribution >= 4 is 28.2 Å². The Hall–Kier alpha value is -2.57. The van der Waals surface area contributed by atoms with E-state index >= 15 is 0 Å². The van der Waals surface area contributed by atoms with Crippen LogP contribution in [0, 0.1) is 0 Å². The molecular weight excluding hydrogens is 388 g/mol. The average molecular weight is 413 g/mol. The third-order valence-corrected chi connectivity index (χ3v) is 5.90. The van der Waals surface area contributed by atoms with Gasteiger partial charge in [-0.2, -0.15) is 0 Å². The number of H-pyrrole nitrogens is 1. The van der Waals surface area contributed by atoms with Crippen LogP contribution in [0.1, 0.15) is 12.8 Å². The zero-order chi connectivity index (χ0) is 20.2. The number of aryl methyl sites for hydroxylation is 1. The number of benzene rings is 2. The van der Waals surface area contributed by atoms with Crippen LogP contribution in [-0.2, 0) is 6.54 Å². The number of aromatic nitrogens is 2. The molecule has 0 radical (unpaired) electrons. The van der Waals surface area contributed by atoms with Crippen LogP contribution in [0.2, 0.25) is 5.02 Å². The quantitative estimate of drug-likeness (QED) is 0.632. The first kappa shape index (κ1) is 19.7. The van der Waals surface area contributed by atoms with Crippen LogP contribution in [-0.4, -0.2) is 47.2 Å². The summed E-state index contributed by atoms with van der Waals surface area (Å²) in [6, 6.07) is 15.2. The van der Waals surface area contributed by atoms with Gasteiger partial charge in [-0.1, -0.05) is 35.9 Å². The normalized spacial score (nSPS) is 15.1. The van der Waals surface area contributed by atoms with Crippen molar-refractivity contribution in [2.45, 2.75) is 19.4 Å². The molecule has 0 saturated carbocycles. The van der Waals surface area contributed by atoms with Gasteiger partial charge in [0.25, 0.3) is 5.56 Å². The summed E-state index contributed by atoms with van der Waals surface area (Å²) in [7, 11) is 0. The molecule has 1 saturated heterocycles. The number of unbranched alkanes of at least 4 members (excludes halogenated alkanes) is 1. The lowest BCUT2D eigenvalue weighted by atomic mass is 10.2. The van der Waals surface area contributed by atoms with Crippen LogP contribution in [0.5, 0.6) is 0 Å². The number of aromatic amines is 1. The monoisotopic (exact) mass is 412 g/mol. The smallest absolute Gasteiger partial charge is 0.328 e. The van der Waals surface area contributed by atoms with E-state index in [0.717, 1.165) is 56.3 Å². The van der Waals surface area contributed by atoms with Crippen molar-refractivity contribution in [3.8, 4) is 0 Å². The summed E-state index contributed by atoms with van der Waals surface area (Å²) >= 11 is 6.31. The number of rotatable bonds is 6. The van der Waals surface area contributed by atoms with Gasteiger partial charge in [0.15, 0.2) is 0 Å². The molecule has 1 aromatic heterocycles. The van der Waals surface area contributed by atoms with Crippen LogP contribution >= 0.6 is 11.6 Å². The second-order valence-corrected chi connectivity index (χ2v) is 7.82. The van der Waals surface area contributed by atoms with Crippen molar-refractivity contribution in [3.05, 3.63) is 74.4 Å². The number of fused-ring (bicyclic) bond motifs is 1. The van der Waals surface area contributed by atoms with E-state index in [1.54, 1.807) is 10.6 Å². The first-order valence-corrected chi connectivity index (χ1v) is 10.4. The number of halogens is 1. The van der Waals surface area contributed by atoms with E-state index in [1.807, 2.05) is 36.4 Å². The second-order valence-electron chi connectivity index (χ2n) is 7.42. The summed E-state index contributed by atoms with van der Waals surface area (Å²) in [5.41, 5.74) is 1.16. The Morgan fingerprint density at radius 1 is 0.862 bits per heavy atom. The minimum atomic E-state index is -0.331. The van der Waals surface area contributed by atoms with E-state index in [1.165, 1.54) is 0 Å². The standard InChI is InChI=1S/C22H25ClN4O2/c23-18-8-2-4-10-20(18)26-15-13-25(14-16-26)11-5-6-12-27-19-9-3-1-7-17(19)21(28)24-22(27)29/h1-4,7-10H,5-6,11-16H2,(H,24,28,29). The van der Waals surface area contributed by atoms with Crippen molar-refractivity contribution in [3.63, 3.8) is 0 Å². The summed E-state index contributed by atoms with van der Waals surface area (Å²) in [4.78, 5) is 31.4. The van der Waals surface area contributed by atoms with E-state index in [9.17, 15) is 9.59 Å². The van der Waals surface area contributed by atoms with Gasteiger partial charge >= 0.3 is 5.69 Å². The number of nitrogens with zero attached hydrogens (tertiary/aromatic N) is 3. The first-order valence-electron chi connectivity index (χ1n) is 10.1. The fraction of sp³-hybridized carbons (Fsp3) is 0.364. The van der Waals surface area contributed by atoms with Gasteiger partial charge < -0.3 is 4.90 Å². The van der Waals surface area contributed by atoms with Gasteiger partial charge in [-0.3, -0.25) is 19.2 Å². The molecule has 0 bridgehead atoms. The van der Waals surface area contributed by atoms with Crippen molar-refractivity contribution in [1.29, 1.82) is 0 Å². The molecular formula is C22H25ClN4O2. The second kappa shape index (κ2) is 8.84. The molecule has 3 aromatic rings.